The highest BCUT2D eigenvalue weighted by atomic mass is 16.5. The number of hydrogen-bond acceptors (Lipinski definition) is 8. The van der Waals surface area contributed by atoms with Crippen molar-refractivity contribution in [2.75, 3.05) is 39.9 Å². The minimum absolute atomic E-state index is 0.0226. The Balaban J connectivity index is 1.56. The zero-order chi connectivity index (χ0) is 22.0. The molecule has 1 fully saturated rings. The highest BCUT2D eigenvalue weighted by Gasteiger charge is 2.35. The van der Waals surface area contributed by atoms with Crippen LogP contribution in [0.15, 0.2) is 40.9 Å². The van der Waals surface area contributed by atoms with Gasteiger partial charge in [-0.25, -0.2) is 0 Å². The molecule has 1 amide bonds. The second-order valence-corrected chi connectivity index (χ2v) is 6.97. The fourth-order valence-corrected chi connectivity index (χ4v) is 3.61. The van der Waals surface area contributed by atoms with E-state index in [1.54, 1.807) is 63.7 Å². The van der Waals surface area contributed by atoms with Gasteiger partial charge in [-0.2, -0.15) is 4.98 Å². The number of anilines is 1. The molecular weight excluding hydrogens is 402 g/mol. The Morgan fingerprint density at radius 1 is 0.935 bits per heavy atom. The minimum atomic E-state index is -0.192. The van der Waals surface area contributed by atoms with E-state index in [1.807, 2.05) is 6.07 Å². The maximum absolute atomic E-state index is 12.7. The molecule has 0 radical (unpaired) electrons. The standard InChI is InChI=1S/C22H23N3O6/c1-27-15-6-7-16(18(11-15)29-3)22-23-21(24-31-22)13-9-20(26)25(12-13)14-5-8-17(28-2)19(10-14)30-4/h5-8,10-11,13H,9,12H2,1-4H3/t13-/m1/s1. The maximum atomic E-state index is 12.7. The number of amides is 1. The molecule has 0 spiro atoms. The van der Waals surface area contributed by atoms with Crippen LogP contribution in [-0.2, 0) is 4.79 Å². The van der Waals surface area contributed by atoms with Gasteiger partial charge < -0.3 is 28.4 Å². The lowest BCUT2D eigenvalue weighted by Crippen LogP contribution is -2.24. The number of nitrogens with zero attached hydrogens (tertiary/aromatic N) is 3. The number of benzene rings is 2. The number of rotatable bonds is 7. The molecule has 9 nitrogen and oxygen atoms in total. The summed E-state index contributed by atoms with van der Waals surface area (Å²) < 4.78 is 26.7. The van der Waals surface area contributed by atoms with E-state index in [0.29, 0.717) is 46.8 Å². The monoisotopic (exact) mass is 425 g/mol. The van der Waals surface area contributed by atoms with Gasteiger partial charge in [0.25, 0.3) is 5.89 Å². The minimum Gasteiger partial charge on any atom is -0.497 e. The quantitative estimate of drug-likeness (QED) is 0.569. The Morgan fingerprint density at radius 3 is 2.42 bits per heavy atom. The SMILES string of the molecule is COc1ccc(-c2nc([C@@H]3CC(=O)N(c4ccc(OC)c(OC)c4)C3)no2)c(OC)c1. The van der Waals surface area contributed by atoms with E-state index in [2.05, 4.69) is 10.1 Å². The van der Waals surface area contributed by atoms with E-state index in [1.165, 1.54) is 0 Å². The summed E-state index contributed by atoms with van der Waals surface area (Å²) in [6, 6.07) is 10.7. The first-order valence-electron chi connectivity index (χ1n) is 9.66. The second-order valence-electron chi connectivity index (χ2n) is 6.97. The van der Waals surface area contributed by atoms with Crippen molar-refractivity contribution >= 4 is 11.6 Å². The van der Waals surface area contributed by atoms with Crippen LogP contribution in [-0.4, -0.2) is 51.0 Å². The lowest BCUT2D eigenvalue weighted by molar-refractivity contribution is -0.117. The molecule has 31 heavy (non-hydrogen) atoms. The molecule has 0 unspecified atom stereocenters. The van der Waals surface area contributed by atoms with Crippen LogP contribution in [0.4, 0.5) is 5.69 Å². The lowest BCUT2D eigenvalue weighted by atomic mass is 10.1. The van der Waals surface area contributed by atoms with E-state index in [4.69, 9.17) is 23.5 Å². The van der Waals surface area contributed by atoms with Crippen LogP contribution < -0.4 is 23.8 Å². The maximum Gasteiger partial charge on any atom is 0.261 e. The van der Waals surface area contributed by atoms with Crippen LogP contribution >= 0.6 is 0 Å². The highest BCUT2D eigenvalue weighted by Crippen LogP contribution is 2.37. The van der Waals surface area contributed by atoms with Crippen molar-refractivity contribution in [2.45, 2.75) is 12.3 Å². The van der Waals surface area contributed by atoms with Gasteiger partial charge in [-0.3, -0.25) is 4.79 Å². The third kappa shape index (κ3) is 3.86. The van der Waals surface area contributed by atoms with Crippen LogP contribution in [0.2, 0.25) is 0 Å². The molecule has 9 heteroatoms. The molecule has 2 heterocycles. The largest absolute Gasteiger partial charge is 0.497 e. The van der Waals surface area contributed by atoms with Gasteiger partial charge >= 0.3 is 0 Å². The highest BCUT2D eigenvalue weighted by molar-refractivity contribution is 5.96. The van der Waals surface area contributed by atoms with Crippen LogP contribution in [0.1, 0.15) is 18.2 Å². The zero-order valence-electron chi connectivity index (χ0n) is 17.7. The Kier molecular flexibility index (Phi) is 5.66. The first kappa shape index (κ1) is 20.5. The van der Waals surface area contributed by atoms with Gasteiger partial charge in [0.15, 0.2) is 17.3 Å². The number of carbonyl (C=O) groups excluding carboxylic acids is 1. The summed E-state index contributed by atoms with van der Waals surface area (Å²) >= 11 is 0. The van der Waals surface area contributed by atoms with Crippen molar-refractivity contribution in [3.8, 4) is 34.5 Å². The number of ether oxygens (including phenoxy) is 4. The van der Waals surface area contributed by atoms with Crippen molar-refractivity contribution in [3.05, 3.63) is 42.2 Å². The zero-order valence-corrected chi connectivity index (χ0v) is 17.7. The topological polar surface area (TPSA) is 96.2 Å². The van der Waals surface area contributed by atoms with E-state index < -0.39 is 0 Å². The number of hydrogen-bond donors (Lipinski definition) is 0. The molecule has 1 saturated heterocycles. The Morgan fingerprint density at radius 2 is 1.71 bits per heavy atom. The molecule has 1 atom stereocenters. The fraction of sp³-hybridized carbons (Fsp3) is 0.318. The van der Waals surface area contributed by atoms with E-state index in [0.717, 1.165) is 5.69 Å². The molecule has 1 aromatic heterocycles. The molecule has 0 aliphatic carbocycles. The molecule has 1 aliphatic rings. The average Bonchev–Trinajstić information content (AvgIpc) is 3.45. The van der Waals surface area contributed by atoms with Crippen molar-refractivity contribution in [1.82, 2.24) is 10.1 Å². The van der Waals surface area contributed by atoms with Gasteiger partial charge in [-0.05, 0) is 24.3 Å². The van der Waals surface area contributed by atoms with Gasteiger partial charge in [-0.15, -0.1) is 0 Å². The van der Waals surface area contributed by atoms with Crippen LogP contribution in [0, 0.1) is 0 Å². The summed E-state index contributed by atoms with van der Waals surface area (Å²) in [6.07, 6.45) is 0.285. The molecule has 0 N–H and O–H groups in total. The normalized spacial score (nSPS) is 15.8. The predicted octanol–water partition coefficient (Wildman–Crippen LogP) is 3.29. The molecule has 1 aliphatic heterocycles. The summed E-state index contributed by atoms with van der Waals surface area (Å²) in [4.78, 5) is 18.9. The number of aromatic nitrogens is 2. The molecule has 0 saturated carbocycles. The van der Waals surface area contributed by atoms with E-state index in [9.17, 15) is 4.79 Å². The first-order valence-corrected chi connectivity index (χ1v) is 9.66. The van der Waals surface area contributed by atoms with Crippen LogP contribution in [0.3, 0.4) is 0 Å². The van der Waals surface area contributed by atoms with Crippen LogP contribution in [0.25, 0.3) is 11.5 Å². The van der Waals surface area contributed by atoms with Crippen LogP contribution in [0.5, 0.6) is 23.0 Å². The predicted molar refractivity (Wildman–Crippen MR) is 112 cm³/mol. The number of methoxy groups -OCH3 is 4. The molecule has 3 aromatic rings. The first-order chi connectivity index (χ1) is 15.1. The van der Waals surface area contributed by atoms with Gasteiger partial charge in [-0.1, -0.05) is 5.16 Å². The Hall–Kier alpha value is -3.75. The molecule has 162 valence electrons. The third-order valence-electron chi connectivity index (χ3n) is 5.25. The second kappa shape index (κ2) is 8.55. The van der Waals surface area contributed by atoms with Gasteiger partial charge in [0.1, 0.15) is 11.5 Å². The third-order valence-corrected chi connectivity index (χ3v) is 5.25. The van der Waals surface area contributed by atoms with Gasteiger partial charge in [0, 0.05) is 36.7 Å². The molecular formula is C22H23N3O6. The lowest BCUT2D eigenvalue weighted by Gasteiger charge is -2.18. The molecule has 4 rings (SSSR count). The number of carbonyl (C=O) groups is 1. The Bertz CT molecular complexity index is 1100. The summed E-state index contributed by atoms with van der Waals surface area (Å²) in [5.41, 5.74) is 1.38. The van der Waals surface area contributed by atoms with Crippen molar-refractivity contribution in [3.63, 3.8) is 0 Å². The van der Waals surface area contributed by atoms with Gasteiger partial charge in [0.2, 0.25) is 5.91 Å². The summed E-state index contributed by atoms with van der Waals surface area (Å²) in [5, 5.41) is 4.12. The van der Waals surface area contributed by atoms with Crippen molar-refractivity contribution in [1.29, 1.82) is 0 Å². The molecule has 2 aromatic carbocycles. The smallest absolute Gasteiger partial charge is 0.261 e. The summed E-state index contributed by atoms with van der Waals surface area (Å²) in [6.45, 7) is 0.438. The molecule has 0 bridgehead atoms. The van der Waals surface area contributed by atoms with Crippen molar-refractivity contribution in [2.24, 2.45) is 0 Å². The van der Waals surface area contributed by atoms with Gasteiger partial charge in [0.05, 0.1) is 34.0 Å². The Labute approximate surface area is 179 Å². The average molecular weight is 425 g/mol. The van der Waals surface area contributed by atoms with Crippen molar-refractivity contribution < 1.29 is 28.3 Å². The summed E-state index contributed by atoms with van der Waals surface area (Å²) in [5.74, 6) is 2.97. The van der Waals surface area contributed by atoms with E-state index in [-0.39, 0.29) is 18.2 Å². The summed E-state index contributed by atoms with van der Waals surface area (Å²) in [7, 11) is 6.28. The fourth-order valence-electron chi connectivity index (χ4n) is 3.61. The van der Waals surface area contributed by atoms with E-state index >= 15 is 0 Å².